The molecule has 0 aromatic heterocycles. The minimum atomic E-state index is -4.27. The summed E-state index contributed by atoms with van der Waals surface area (Å²) in [6, 6.07) is 5.47. The molecule has 0 saturated heterocycles. The summed E-state index contributed by atoms with van der Waals surface area (Å²) >= 11 is 0. The maximum absolute atomic E-state index is 9.58. The van der Waals surface area contributed by atoms with Crippen molar-refractivity contribution in [2.24, 2.45) is 0 Å². The Morgan fingerprint density at radius 3 is 1.67 bits per heavy atom. The van der Waals surface area contributed by atoms with Crippen molar-refractivity contribution in [3.63, 3.8) is 0 Å². The van der Waals surface area contributed by atoms with Gasteiger partial charge >= 0.3 is 110 Å². The van der Waals surface area contributed by atoms with Gasteiger partial charge in [0.2, 0.25) is 0 Å². The number of hydrogen-bond donors (Lipinski definition) is 3. The van der Waals surface area contributed by atoms with Gasteiger partial charge in [0.15, 0.2) is 0 Å². The van der Waals surface area contributed by atoms with Crippen molar-refractivity contribution >= 4 is 13.2 Å². The second-order valence-corrected chi connectivity index (χ2v) is 8.71. The molecule has 0 aliphatic heterocycles. The maximum atomic E-state index is 9.58. The second-order valence-electron chi connectivity index (χ2n) is 6.90. The molecule has 18 heavy (non-hydrogen) atoms. The Bertz CT molecular complexity index is 434. The van der Waals surface area contributed by atoms with Gasteiger partial charge in [0.05, 0.1) is 0 Å². The summed E-state index contributed by atoms with van der Waals surface area (Å²) in [6.45, 7) is 12.3. The van der Waals surface area contributed by atoms with Gasteiger partial charge < -0.3 is 0 Å². The van der Waals surface area contributed by atoms with Crippen LogP contribution in [0.25, 0.3) is 0 Å². The molecular weight excluding hydrogens is 247 g/mol. The summed E-state index contributed by atoms with van der Waals surface area (Å²) in [4.78, 5) is 28.7. The van der Waals surface area contributed by atoms with E-state index in [0.29, 0.717) is 0 Å². The Morgan fingerprint density at radius 2 is 1.33 bits per heavy atom. The van der Waals surface area contributed by atoms with Gasteiger partial charge in [-0.2, -0.15) is 0 Å². The predicted octanol–water partition coefficient (Wildman–Crippen LogP) is 2.38. The van der Waals surface area contributed by atoms with E-state index in [4.69, 9.17) is 0 Å². The van der Waals surface area contributed by atoms with Gasteiger partial charge in [-0.05, 0) is 0 Å². The van der Waals surface area contributed by atoms with Crippen LogP contribution in [0.5, 0.6) is 0 Å². The molecule has 3 nitrogen and oxygen atoms in total. The van der Waals surface area contributed by atoms with Crippen LogP contribution in [-0.2, 0) is 10.8 Å². The Kier molecular flexibility index (Phi) is 3.96. The van der Waals surface area contributed by atoms with Crippen LogP contribution in [0, 0.1) is 0 Å². The zero-order chi connectivity index (χ0) is 14.4. The first-order valence-corrected chi connectivity index (χ1v) is 8.00. The number of benzene rings is 1. The van der Waals surface area contributed by atoms with E-state index in [2.05, 4.69) is 20.8 Å². The molecule has 0 fully saturated rings. The molecule has 0 bridgehead atoms. The van der Waals surface area contributed by atoms with Crippen LogP contribution in [0.1, 0.15) is 52.7 Å². The van der Waals surface area contributed by atoms with E-state index in [1.807, 2.05) is 32.9 Å². The molecule has 0 unspecified atom stereocenters. The molecule has 0 radical (unpaired) electrons. The van der Waals surface area contributed by atoms with Gasteiger partial charge in [-0.25, -0.2) is 0 Å². The van der Waals surface area contributed by atoms with Crippen molar-refractivity contribution in [3.05, 3.63) is 29.3 Å². The summed E-state index contributed by atoms with van der Waals surface area (Å²) < 4.78 is 0. The molecule has 0 aliphatic rings. The first-order valence-electron chi connectivity index (χ1n) is 6.16. The van der Waals surface area contributed by atoms with E-state index in [1.54, 1.807) is 6.07 Å². The Hall–Kier alpha value is -0.470. The fourth-order valence-electron chi connectivity index (χ4n) is 1.92. The third-order valence-electron chi connectivity index (χ3n) is 3.05. The molecule has 1 aromatic rings. The molecule has 0 spiro atoms. The van der Waals surface area contributed by atoms with Crippen LogP contribution in [0.15, 0.2) is 18.2 Å². The zero-order valence-electron chi connectivity index (χ0n) is 12.1. The summed E-state index contributed by atoms with van der Waals surface area (Å²) in [6.07, 6.45) is 0. The van der Waals surface area contributed by atoms with E-state index in [-0.39, 0.29) is 16.1 Å². The predicted molar refractivity (Wildman–Crippen MR) is 78.4 cm³/mol. The molecule has 0 saturated carbocycles. The summed E-state index contributed by atoms with van der Waals surface area (Å²) in [5, 5.41) is 0.281. The van der Waals surface area contributed by atoms with Gasteiger partial charge in [0, 0.05) is 0 Å². The summed E-state index contributed by atoms with van der Waals surface area (Å²) in [5.41, 5.74) is 1.66. The van der Waals surface area contributed by atoms with Crippen LogP contribution in [0.4, 0.5) is 0 Å². The Balaban J connectivity index is 3.50. The molecule has 3 N–H and O–H groups in total. The molecule has 1 aromatic carbocycles. The van der Waals surface area contributed by atoms with Crippen LogP contribution in [-0.4, -0.2) is 14.7 Å². The average Bonchev–Trinajstić information content (AvgIpc) is 2.12. The second kappa shape index (κ2) is 4.57. The van der Waals surface area contributed by atoms with E-state index >= 15 is 0 Å². The SMILES string of the molecule is CC(C)(C)c1ccc([PH](O)(O)O)c(C(C)(C)C)c1. The summed E-state index contributed by atoms with van der Waals surface area (Å²) in [5.74, 6) is 0. The van der Waals surface area contributed by atoms with Gasteiger partial charge in [-0.1, -0.05) is 0 Å². The zero-order valence-corrected chi connectivity index (χ0v) is 13.1. The third kappa shape index (κ3) is 3.52. The molecule has 104 valence electrons. The van der Waals surface area contributed by atoms with Crippen molar-refractivity contribution in [2.45, 2.75) is 52.4 Å². The van der Waals surface area contributed by atoms with Crippen LogP contribution in [0.2, 0.25) is 0 Å². The van der Waals surface area contributed by atoms with E-state index in [0.717, 1.165) is 11.1 Å². The van der Waals surface area contributed by atoms with Crippen molar-refractivity contribution in [1.82, 2.24) is 0 Å². The van der Waals surface area contributed by atoms with Gasteiger partial charge in [-0.3, -0.25) is 0 Å². The Morgan fingerprint density at radius 1 is 0.833 bits per heavy atom. The van der Waals surface area contributed by atoms with E-state index < -0.39 is 7.94 Å². The van der Waals surface area contributed by atoms with E-state index in [1.165, 1.54) is 0 Å². The fraction of sp³-hybridized carbons (Fsp3) is 0.571. The first kappa shape index (κ1) is 15.6. The summed E-state index contributed by atoms with van der Waals surface area (Å²) in [7, 11) is -4.27. The molecule has 1 rings (SSSR count). The van der Waals surface area contributed by atoms with Crippen molar-refractivity contribution in [1.29, 1.82) is 0 Å². The van der Waals surface area contributed by atoms with Crippen molar-refractivity contribution < 1.29 is 14.7 Å². The van der Waals surface area contributed by atoms with Gasteiger partial charge in [0.25, 0.3) is 0 Å². The molecule has 4 heteroatoms. The monoisotopic (exact) mass is 272 g/mol. The number of hydrogen-bond acceptors (Lipinski definition) is 3. The topological polar surface area (TPSA) is 60.7 Å². The molecule has 0 amide bonds. The minimum absolute atomic E-state index is 0.0108. The normalized spacial score (nSPS) is 14.7. The molecule has 0 aliphatic carbocycles. The fourth-order valence-corrected chi connectivity index (χ4v) is 3.04. The average molecular weight is 272 g/mol. The van der Waals surface area contributed by atoms with Gasteiger partial charge in [-0.15, -0.1) is 0 Å². The van der Waals surface area contributed by atoms with Crippen molar-refractivity contribution in [3.8, 4) is 0 Å². The van der Waals surface area contributed by atoms with Crippen LogP contribution >= 0.6 is 7.94 Å². The Labute approximate surface area is 110 Å². The molecule has 0 atom stereocenters. The molecule has 0 heterocycles. The standard InChI is InChI=1S/C14H25O3P/c1-13(2,3)10-7-8-12(18(15,16)17)11(9-10)14(4,5)6/h7-9,15-18H,1-6H3. The first-order chi connectivity index (χ1) is 7.83. The van der Waals surface area contributed by atoms with Gasteiger partial charge in [0.1, 0.15) is 0 Å². The quantitative estimate of drug-likeness (QED) is 0.688. The van der Waals surface area contributed by atoms with Crippen LogP contribution < -0.4 is 5.30 Å². The van der Waals surface area contributed by atoms with Crippen LogP contribution in [0.3, 0.4) is 0 Å². The third-order valence-corrected chi connectivity index (χ3v) is 4.21. The van der Waals surface area contributed by atoms with Crippen molar-refractivity contribution in [2.75, 3.05) is 0 Å². The number of rotatable bonds is 1. The van der Waals surface area contributed by atoms with E-state index in [9.17, 15) is 14.7 Å². The molecular formula is C14H25O3P.